The van der Waals surface area contributed by atoms with E-state index < -0.39 is 35.0 Å². The normalized spacial score (nSPS) is 20.6. The van der Waals surface area contributed by atoms with Crippen LogP contribution < -0.4 is 5.32 Å². The van der Waals surface area contributed by atoms with Gasteiger partial charge >= 0.3 is 12.4 Å². The minimum absolute atomic E-state index is 0.0191. The highest BCUT2D eigenvalue weighted by Gasteiger charge is 2.37. The van der Waals surface area contributed by atoms with E-state index in [2.05, 4.69) is 28.6 Å². The first-order valence-electron chi connectivity index (χ1n) is 11.6. The summed E-state index contributed by atoms with van der Waals surface area (Å²) in [5.41, 5.74) is -2.53. The maximum atomic E-state index is 13.0. The number of piperidine rings is 1. The molecule has 2 aliphatic rings. The number of carbonyl (C=O) groups is 1. The number of carbonyl (C=O) groups excluding carboxylic acids is 1. The van der Waals surface area contributed by atoms with Crippen molar-refractivity contribution in [3.63, 3.8) is 0 Å². The van der Waals surface area contributed by atoms with Gasteiger partial charge in [0.25, 0.3) is 5.91 Å². The van der Waals surface area contributed by atoms with Crippen molar-refractivity contribution in [2.75, 3.05) is 32.7 Å². The van der Waals surface area contributed by atoms with Gasteiger partial charge in [-0.1, -0.05) is 13.5 Å². The second kappa shape index (κ2) is 10.6. The summed E-state index contributed by atoms with van der Waals surface area (Å²) < 4.78 is 78.2. The van der Waals surface area contributed by atoms with E-state index >= 15 is 0 Å². The lowest BCUT2D eigenvalue weighted by atomic mass is 9.96. The Kier molecular flexibility index (Phi) is 8.21. The van der Waals surface area contributed by atoms with Gasteiger partial charge in [-0.2, -0.15) is 26.3 Å². The van der Waals surface area contributed by atoms with E-state index in [1.54, 1.807) is 0 Å². The molecule has 0 spiro atoms. The summed E-state index contributed by atoms with van der Waals surface area (Å²) >= 11 is 0. The van der Waals surface area contributed by atoms with Crippen LogP contribution in [0.2, 0.25) is 0 Å². The first-order chi connectivity index (χ1) is 15.9. The van der Waals surface area contributed by atoms with Gasteiger partial charge in [0.1, 0.15) is 0 Å². The Morgan fingerprint density at radius 1 is 1.00 bits per heavy atom. The number of halogens is 6. The van der Waals surface area contributed by atoms with Gasteiger partial charge in [0, 0.05) is 36.9 Å². The molecule has 10 heteroatoms. The highest BCUT2D eigenvalue weighted by atomic mass is 19.4. The molecular formula is C24H31F6N3O. The average Bonchev–Trinajstić information content (AvgIpc) is 3.26. The Bertz CT molecular complexity index is 842. The summed E-state index contributed by atoms with van der Waals surface area (Å²) in [4.78, 5) is 17.1. The van der Waals surface area contributed by atoms with E-state index in [0.29, 0.717) is 18.2 Å². The van der Waals surface area contributed by atoms with Crippen molar-refractivity contribution in [1.29, 1.82) is 0 Å². The molecule has 2 heterocycles. The third kappa shape index (κ3) is 6.67. The van der Waals surface area contributed by atoms with Crippen LogP contribution in [-0.2, 0) is 12.4 Å². The molecule has 1 N–H and O–H groups in total. The van der Waals surface area contributed by atoms with Gasteiger partial charge in [-0.05, 0) is 69.3 Å². The van der Waals surface area contributed by atoms with E-state index in [1.807, 2.05) is 0 Å². The number of alkyl halides is 6. The molecule has 1 atom stereocenters. The number of amides is 1. The summed E-state index contributed by atoms with van der Waals surface area (Å²) in [6, 6.07) is 1.49. The van der Waals surface area contributed by atoms with Gasteiger partial charge < -0.3 is 10.2 Å². The van der Waals surface area contributed by atoms with Gasteiger partial charge in [0.05, 0.1) is 11.1 Å². The summed E-state index contributed by atoms with van der Waals surface area (Å²) in [7, 11) is 0. The molecule has 0 saturated carbocycles. The second-order valence-corrected chi connectivity index (χ2v) is 9.19. The molecule has 0 aromatic heterocycles. The Balaban J connectivity index is 1.52. The maximum Gasteiger partial charge on any atom is 0.416 e. The zero-order valence-corrected chi connectivity index (χ0v) is 19.2. The Labute approximate surface area is 196 Å². The molecule has 4 nitrogen and oxygen atoms in total. The topological polar surface area (TPSA) is 35.6 Å². The van der Waals surface area contributed by atoms with Crippen molar-refractivity contribution in [3.8, 4) is 0 Å². The summed E-state index contributed by atoms with van der Waals surface area (Å²) in [5.74, 6) is -0.830. The average molecular weight is 492 g/mol. The van der Waals surface area contributed by atoms with Crippen LogP contribution in [0.1, 0.15) is 60.5 Å². The number of hydrogen-bond donors (Lipinski definition) is 1. The van der Waals surface area contributed by atoms with Gasteiger partial charge in [0.2, 0.25) is 0 Å². The number of nitrogens with one attached hydrogen (secondary N) is 1. The van der Waals surface area contributed by atoms with E-state index in [0.717, 1.165) is 51.1 Å². The fourth-order valence-electron chi connectivity index (χ4n) is 4.80. The Morgan fingerprint density at radius 2 is 1.59 bits per heavy atom. The number of nitrogens with zero attached hydrogens (tertiary/aromatic N) is 2. The predicted octanol–water partition coefficient (Wildman–Crippen LogP) is 5.55. The summed E-state index contributed by atoms with van der Waals surface area (Å²) in [5, 5.41) is 2.52. The van der Waals surface area contributed by atoms with Crippen LogP contribution >= 0.6 is 0 Å². The van der Waals surface area contributed by atoms with E-state index in [9.17, 15) is 31.1 Å². The standard InChI is InChI=1S/C24H31F6N3O/c1-3-21-5-4-8-33(21)16(2)15-32-9-6-17(7-10-32)14-31-22(34)18-11-19(23(25,26)27)13-20(12-18)24(28,29)30/h11-13,17,21H,2-10,14-15H2,1H3,(H,31,34). The second-order valence-electron chi connectivity index (χ2n) is 9.19. The van der Waals surface area contributed by atoms with Crippen LogP contribution in [0.15, 0.2) is 30.5 Å². The van der Waals surface area contributed by atoms with E-state index in [-0.39, 0.29) is 18.5 Å². The number of benzene rings is 1. The van der Waals surface area contributed by atoms with Gasteiger partial charge in [-0.25, -0.2) is 0 Å². The van der Waals surface area contributed by atoms with Crippen LogP contribution in [0, 0.1) is 5.92 Å². The number of hydrogen-bond acceptors (Lipinski definition) is 3. The lowest BCUT2D eigenvalue weighted by molar-refractivity contribution is -0.143. The predicted molar refractivity (Wildman–Crippen MR) is 117 cm³/mol. The molecule has 190 valence electrons. The zero-order valence-electron chi connectivity index (χ0n) is 19.2. The molecule has 1 aromatic carbocycles. The van der Waals surface area contributed by atoms with Crippen molar-refractivity contribution < 1.29 is 31.1 Å². The smallest absolute Gasteiger partial charge is 0.371 e. The Hall–Kier alpha value is -2.23. The first-order valence-corrected chi connectivity index (χ1v) is 11.6. The van der Waals surface area contributed by atoms with Crippen molar-refractivity contribution in [3.05, 3.63) is 47.2 Å². The number of rotatable bonds is 7. The molecule has 1 unspecified atom stereocenters. The van der Waals surface area contributed by atoms with Crippen LogP contribution in [-0.4, -0.2) is 54.5 Å². The molecule has 3 rings (SSSR count). The lowest BCUT2D eigenvalue weighted by Gasteiger charge is -2.36. The molecule has 0 aliphatic carbocycles. The number of likely N-dealkylation sites (tertiary alicyclic amines) is 2. The summed E-state index contributed by atoms with van der Waals surface area (Å²) in [6.07, 6.45) is -4.96. The third-order valence-corrected chi connectivity index (χ3v) is 6.77. The van der Waals surface area contributed by atoms with E-state index in [1.165, 1.54) is 12.8 Å². The maximum absolute atomic E-state index is 13.0. The lowest BCUT2D eigenvalue weighted by Crippen LogP contribution is -2.41. The zero-order chi connectivity index (χ0) is 25.1. The van der Waals surface area contributed by atoms with E-state index in [4.69, 9.17) is 0 Å². The highest BCUT2D eigenvalue weighted by Crippen LogP contribution is 2.36. The molecule has 34 heavy (non-hydrogen) atoms. The van der Waals surface area contributed by atoms with Crippen LogP contribution in [0.25, 0.3) is 0 Å². The monoisotopic (exact) mass is 491 g/mol. The fourth-order valence-corrected chi connectivity index (χ4v) is 4.80. The molecule has 2 fully saturated rings. The minimum Gasteiger partial charge on any atom is -0.371 e. The largest absolute Gasteiger partial charge is 0.416 e. The van der Waals surface area contributed by atoms with Crippen molar-refractivity contribution >= 4 is 5.91 Å². The molecule has 1 aromatic rings. The van der Waals surface area contributed by atoms with Crippen molar-refractivity contribution in [2.45, 2.75) is 57.4 Å². The third-order valence-electron chi connectivity index (χ3n) is 6.77. The Morgan fingerprint density at radius 3 is 2.12 bits per heavy atom. The van der Waals surface area contributed by atoms with Gasteiger partial charge in [-0.15, -0.1) is 0 Å². The van der Waals surface area contributed by atoms with Crippen molar-refractivity contribution in [2.24, 2.45) is 5.92 Å². The van der Waals surface area contributed by atoms with Gasteiger partial charge in [0.15, 0.2) is 0 Å². The van der Waals surface area contributed by atoms with Crippen molar-refractivity contribution in [1.82, 2.24) is 15.1 Å². The molecule has 2 aliphatic heterocycles. The molecule has 1 amide bonds. The van der Waals surface area contributed by atoms with Crippen LogP contribution in [0.4, 0.5) is 26.3 Å². The first kappa shape index (κ1) is 26.4. The quantitative estimate of drug-likeness (QED) is 0.508. The van der Waals surface area contributed by atoms with Gasteiger partial charge in [-0.3, -0.25) is 9.69 Å². The molecule has 0 bridgehead atoms. The SMILES string of the molecule is C=C(CN1CCC(CNC(=O)c2cc(C(F)(F)F)cc(C(F)(F)F)c2)CC1)N1CCCC1CC. The van der Waals surface area contributed by atoms with Crippen LogP contribution in [0.3, 0.4) is 0 Å². The molecule has 2 saturated heterocycles. The molecule has 0 radical (unpaired) electrons. The fraction of sp³-hybridized carbons (Fsp3) is 0.625. The molecular weight excluding hydrogens is 460 g/mol. The van der Waals surface area contributed by atoms with Crippen LogP contribution in [0.5, 0.6) is 0 Å². The summed E-state index contributed by atoms with van der Waals surface area (Å²) in [6.45, 7) is 10.0. The highest BCUT2D eigenvalue weighted by molar-refractivity contribution is 5.94. The minimum atomic E-state index is -4.99.